The molecule has 1 heterocycles. The van der Waals surface area contributed by atoms with Gasteiger partial charge in [-0.1, -0.05) is 24.3 Å². The van der Waals surface area contributed by atoms with Crippen LogP contribution in [0.3, 0.4) is 0 Å². The summed E-state index contributed by atoms with van der Waals surface area (Å²) in [6.45, 7) is 3.29. The molecule has 1 aromatic heterocycles. The molecule has 0 aliphatic carbocycles. The molecule has 0 saturated heterocycles. The zero-order valence-corrected chi connectivity index (χ0v) is 10.8. The summed E-state index contributed by atoms with van der Waals surface area (Å²) in [4.78, 5) is 4.26. The lowest BCUT2D eigenvalue weighted by Crippen LogP contribution is -2.00. The van der Waals surface area contributed by atoms with Gasteiger partial charge in [-0.25, -0.2) is 4.98 Å². The molecule has 0 aliphatic rings. The number of nitrogens with zero attached hydrogens (tertiary/aromatic N) is 2. The maximum Gasteiger partial charge on any atom is 0.202 e. The van der Waals surface area contributed by atoms with E-state index in [0.29, 0.717) is 6.61 Å². The van der Waals surface area contributed by atoms with Crippen molar-refractivity contribution in [1.29, 1.82) is 0 Å². The first kappa shape index (κ1) is 12.0. The van der Waals surface area contributed by atoms with Crippen molar-refractivity contribution in [3.63, 3.8) is 0 Å². The van der Waals surface area contributed by atoms with Crippen molar-refractivity contribution in [3.05, 3.63) is 41.2 Å². The summed E-state index contributed by atoms with van der Waals surface area (Å²) in [5.74, 6) is 0.811. The number of methoxy groups -OCH3 is 1. The second-order valence-electron chi connectivity index (χ2n) is 3.75. The van der Waals surface area contributed by atoms with Gasteiger partial charge < -0.3 is 10.1 Å². The van der Waals surface area contributed by atoms with Crippen LogP contribution in [0.2, 0.25) is 0 Å². The number of hydrogen-bond donors (Lipinski definition) is 1. The van der Waals surface area contributed by atoms with Crippen molar-refractivity contribution in [2.45, 2.75) is 20.1 Å². The molecule has 2 aromatic rings. The van der Waals surface area contributed by atoms with Gasteiger partial charge in [-0.05, 0) is 18.1 Å². The molecule has 4 nitrogen and oxygen atoms in total. The van der Waals surface area contributed by atoms with Crippen molar-refractivity contribution in [2.24, 2.45) is 0 Å². The molecule has 1 aromatic carbocycles. The summed E-state index contributed by atoms with van der Waals surface area (Å²) >= 11 is 1.39. The molecule has 2 rings (SSSR count). The lowest BCUT2D eigenvalue weighted by Gasteiger charge is -2.05. The molecule has 0 bridgehead atoms. The van der Waals surface area contributed by atoms with Crippen LogP contribution in [0.1, 0.15) is 17.0 Å². The Balaban J connectivity index is 1.96. The molecule has 0 fully saturated rings. The second-order valence-corrected chi connectivity index (χ2v) is 4.51. The lowest BCUT2D eigenvalue weighted by atomic mass is 10.1. The average molecular weight is 249 g/mol. The predicted molar refractivity (Wildman–Crippen MR) is 69.1 cm³/mol. The van der Waals surface area contributed by atoms with Crippen molar-refractivity contribution in [2.75, 3.05) is 12.4 Å². The summed E-state index contributed by atoms with van der Waals surface area (Å²) in [6.07, 6.45) is 0. The fourth-order valence-corrected chi connectivity index (χ4v) is 2.11. The van der Waals surface area contributed by atoms with Gasteiger partial charge in [0.15, 0.2) is 0 Å². The van der Waals surface area contributed by atoms with Gasteiger partial charge in [0.1, 0.15) is 5.82 Å². The number of aromatic nitrogens is 2. The molecule has 17 heavy (non-hydrogen) atoms. The Morgan fingerprint density at radius 3 is 2.88 bits per heavy atom. The largest absolute Gasteiger partial charge is 0.380 e. The van der Waals surface area contributed by atoms with Crippen LogP contribution >= 0.6 is 11.5 Å². The standard InChI is InChI=1S/C12H15N3OS/c1-9-14-12(17-15-9)13-7-10-4-3-5-11(6-10)8-16-2/h3-6H,7-8H2,1-2H3,(H,13,14,15). The molecule has 0 atom stereocenters. The topological polar surface area (TPSA) is 47.0 Å². The van der Waals surface area contributed by atoms with E-state index in [4.69, 9.17) is 4.74 Å². The summed E-state index contributed by atoms with van der Waals surface area (Å²) in [7, 11) is 1.70. The molecule has 0 radical (unpaired) electrons. The van der Waals surface area contributed by atoms with E-state index in [9.17, 15) is 0 Å². The van der Waals surface area contributed by atoms with Crippen LogP contribution in [0.5, 0.6) is 0 Å². The fourth-order valence-electron chi connectivity index (χ4n) is 1.54. The summed E-state index contributed by atoms with van der Waals surface area (Å²) in [6, 6.07) is 8.31. The molecule has 0 spiro atoms. The zero-order valence-electron chi connectivity index (χ0n) is 9.93. The molecule has 0 saturated carbocycles. The van der Waals surface area contributed by atoms with Gasteiger partial charge in [0, 0.05) is 25.2 Å². The van der Waals surface area contributed by atoms with Crippen molar-refractivity contribution < 1.29 is 4.74 Å². The average Bonchev–Trinajstić information content (AvgIpc) is 2.74. The Morgan fingerprint density at radius 2 is 2.18 bits per heavy atom. The Morgan fingerprint density at radius 1 is 1.35 bits per heavy atom. The third-order valence-electron chi connectivity index (χ3n) is 2.27. The smallest absolute Gasteiger partial charge is 0.202 e. The number of rotatable bonds is 5. The SMILES string of the molecule is COCc1cccc(CNc2nc(C)ns2)c1. The van der Waals surface area contributed by atoms with E-state index >= 15 is 0 Å². The number of aryl methyl sites for hydroxylation is 1. The summed E-state index contributed by atoms with van der Waals surface area (Å²) < 4.78 is 9.23. The van der Waals surface area contributed by atoms with E-state index in [1.165, 1.54) is 22.7 Å². The zero-order chi connectivity index (χ0) is 12.1. The Hall–Kier alpha value is -1.46. The van der Waals surface area contributed by atoms with E-state index in [0.717, 1.165) is 17.5 Å². The van der Waals surface area contributed by atoms with Crippen LogP contribution < -0.4 is 5.32 Å². The van der Waals surface area contributed by atoms with Gasteiger partial charge in [-0.3, -0.25) is 0 Å². The summed E-state index contributed by atoms with van der Waals surface area (Å²) in [5, 5.41) is 4.12. The van der Waals surface area contributed by atoms with Crippen molar-refractivity contribution in [1.82, 2.24) is 9.36 Å². The normalized spacial score (nSPS) is 10.5. The highest BCUT2D eigenvalue weighted by Crippen LogP contribution is 2.13. The Kier molecular flexibility index (Phi) is 4.06. The highest BCUT2D eigenvalue weighted by atomic mass is 32.1. The van der Waals surface area contributed by atoms with Gasteiger partial charge in [0.2, 0.25) is 5.13 Å². The Labute approximate surface area is 105 Å². The molecular weight excluding hydrogens is 234 g/mol. The van der Waals surface area contributed by atoms with E-state index in [1.54, 1.807) is 7.11 Å². The minimum absolute atomic E-state index is 0.645. The molecular formula is C12H15N3OS. The van der Waals surface area contributed by atoms with Crippen LogP contribution in [-0.4, -0.2) is 16.5 Å². The van der Waals surface area contributed by atoms with Gasteiger partial charge in [-0.15, -0.1) is 0 Å². The number of hydrogen-bond acceptors (Lipinski definition) is 5. The molecule has 5 heteroatoms. The monoisotopic (exact) mass is 249 g/mol. The first-order valence-electron chi connectivity index (χ1n) is 5.39. The van der Waals surface area contributed by atoms with E-state index in [-0.39, 0.29) is 0 Å². The van der Waals surface area contributed by atoms with E-state index in [1.807, 2.05) is 13.0 Å². The first-order valence-corrected chi connectivity index (χ1v) is 6.16. The number of nitrogens with one attached hydrogen (secondary N) is 1. The van der Waals surface area contributed by atoms with Crippen LogP contribution in [0.25, 0.3) is 0 Å². The fraction of sp³-hybridized carbons (Fsp3) is 0.333. The van der Waals surface area contributed by atoms with Gasteiger partial charge in [0.25, 0.3) is 0 Å². The van der Waals surface area contributed by atoms with E-state index < -0.39 is 0 Å². The van der Waals surface area contributed by atoms with Crippen molar-refractivity contribution >= 4 is 16.7 Å². The van der Waals surface area contributed by atoms with E-state index in [2.05, 4.69) is 32.9 Å². The quantitative estimate of drug-likeness (QED) is 0.884. The number of anilines is 1. The minimum atomic E-state index is 0.645. The lowest BCUT2D eigenvalue weighted by molar-refractivity contribution is 0.185. The molecule has 0 aliphatic heterocycles. The predicted octanol–water partition coefficient (Wildman–Crippen LogP) is 2.61. The third kappa shape index (κ3) is 3.51. The molecule has 0 unspecified atom stereocenters. The van der Waals surface area contributed by atoms with Crippen LogP contribution in [0.4, 0.5) is 5.13 Å². The van der Waals surface area contributed by atoms with Gasteiger partial charge in [-0.2, -0.15) is 4.37 Å². The number of ether oxygens (including phenoxy) is 1. The third-order valence-corrected chi connectivity index (χ3v) is 3.04. The van der Waals surface area contributed by atoms with Gasteiger partial charge >= 0.3 is 0 Å². The Bertz CT molecular complexity index is 484. The molecule has 0 amide bonds. The highest BCUT2D eigenvalue weighted by Gasteiger charge is 2.00. The highest BCUT2D eigenvalue weighted by molar-refractivity contribution is 7.09. The summed E-state index contributed by atoms with van der Waals surface area (Å²) in [5.41, 5.74) is 2.40. The molecule has 90 valence electrons. The van der Waals surface area contributed by atoms with Crippen molar-refractivity contribution in [3.8, 4) is 0 Å². The molecule has 1 N–H and O–H groups in total. The van der Waals surface area contributed by atoms with Gasteiger partial charge in [0.05, 0.1) is 6.61 Å². The van der Waals surface area contributed by atoms with Crippen LogP contribution in [0, 0.1) is 6.92 Å². The van der Waals surface area contributed by atoms with Crippen LogP contribution in [-0.2, 0) is 17.9 Å². The second kappa shape index (κ2) is 5.75. The van der Waals surface area contributed by atoms with Crippen LogP contribution in [0.15, 0.2) is 24.3 Å². The maximum atomic E-state index is 5.11. The minimum Gasteiger partial charge on any atom is -0.380 e. The maximum absolute atomic E-state index is 5.11. The number of benzene rings is 1. The first-order chi connectivity index (χ1) is 8.28.